The van der Waals surface area contributed by atoms with Crippen LogP contribution in [-0.4, -0.2) is 43.6 Å². The molecule has 130 valence electrons. The lowest BCUT2D eigenvalue weighted by Gasteiger charge is -2.15. The summed E-state index contributed by atoms with van der Waals surface area (Å²) in [6.07, 6.45) is 3.72. The number of rotatable bonds is 6. The quantitative estimate of drug-likeness (QED) is 0.631. The van der Waals surface area contributed by atoms with Gasteiger partial charge in [0.2, 0.25) is 11.8 Å². The van der Waals surface area contributed by atoms with Crippen molar-refractivity contribution in [2.75, 3.05) is 12.8 Å². The highest BCUT2D eigenvalue weighted by molar-refractivity contribution is 7.99. The summed E-state index contributed by atoms with van der Waals surface area (Å²) in [5, 5.41) is 12.4. The van der Waals surface area contributed by atoms with Crippen LogP contribution in [0.15, 0.2) is 46.3 Å². The van der Waals surface area contributed by atoms with Crippen LogP contribution in [0.2, 0.25) is 0 Å². The van der Waals surface area contributed by atoms with E-state index < -0.39 is 0 Å². The molecule has 8 heteroatoms. The second-order valence-electron chi connectivity index (χ2n) is 5.76. The van der Waals surface area contributed by atoms with Crippen molar-refractivity contribution in [2.24, 2.45) is 0 Å². The van der Waals surface area contributed by atoms with Gasteiger partial charge in [0, 0.05) is 32.3 Å². The van der Waals surface area contributed by atoms with Crippen molar-refractivity contribution in [3.05, 3.63) is 53.7 Å². The molecule has 0 fully saturated rings. The zero-order valence-corrected chi connectivity index (χ0v) is 15.2. The number of aryl methyl sites for hydroxylation is 2. The van der Waals surface area contributed by atoms with E-state index in [9.17, 15) is 4.79 Å². The maximum absolute atomic E-state index is 12.2. The normalized spacial score (nSPS) is 10.8. The number of nitrogens with zero attached hydrogens (tertiary/aromatic N) is 5. The average molecular weight is 357 g/mol. The fraction of sp³-hybridized carbons (Fsp3) is 0.294. The van der Waals surface area contributed by atoms with Gasteiger partial charge in [0.1, 0.15) is 0 Å². The van der Waals surface area contributed by atoms with Crippen molar-refractivity contribution in [3.63, 3.8) is 0 Å². The Morgan fingerprint density at radius 3 is 2.88 bits per heavy atom. The number of carbonyl (C=O) groups excluding carboxylic acids is 1. The van der Waals surface area contributed by atoms with Gasteiger partial charge in [-0.25, -0.2) is 4.68 Å². The third-order valence-electron chi connectivity index (χ3n) is 3.57. The molecule has 0 radical (unpaired) electrons. The molecular weight excluding hydrogens is 338 g/mol. The van der Waals surface area contributed by atoms with Crippen LogP contribution in [0.3, 0.4) is 0 Å². The Kier molecular flexibility index (Phi) is 5.18. The van der Waals surface area contributed by atoms with Crippen LogP contribution < -0.4 is 0 Å². The first-order valence-electron chi connectivity index (χ1n) is 7.79. The summed E-state index contributed by atoms with van der Waals surface area (Å²) in [4.78, 5) is 13.9. The smallest absolute Gasteiger partial charge is 0.277 e. The van der Waals surface area contributed by atoms with Crippen molar-refractivity contribution >= 4 is 17.7 Å². The summed E-state index contributed by atoms with van der Waals surface area (Å²) in [6, 6.07) is 8.11. The summed E-state index contributed by atoms with van der Waals surface area (Å²) in [7, 11) is 1.77. The van der Waals surface area contributed by atoms with E-state index in [-0.39, 0.29) is 11.7 Å². The minimum atomic E-state index is -0.0100. The lowest BCUT2D eigenvalue weighted by molar-refractivity contribution is -0.127. The summed E-state index contributed by atoms with van der Waals surface area (Å²) >= 11 is 1.24. The van der Waals surface area contributed by atoms with E-state index in [2.05, 4.69) is 21.4 Å². The van der Waals surface area contributed by atoms with Crippen molar-refractivity contribution in [1.29, 1.82) is 0 Å². The molecule has 3 rings (SSSR count). The highest BCUT2D eigenvalue weighted by Crippen LogP contribution is 2.17. The van der Waals surface area contributed by atoms with Gasteiger partial charge in [-0.15, -0.1) is 10.2 Å². The molecule has 7 nitrogen and oxygen atoms in total. The molecule has 0 spiro atoms. The Labute approximate surface area is 150 Å². The number of thioether (sulfide) groups is 1. The second-order valence-corrected chi connectivity index (χ2v) is 6.68. The van der Waals surface area contributed by atoms with Gasteiger partial charge in [-0.05, 0) is 24.6 Å². The van der Waals surface area contributed by atoms with E-state index in [0.29, 0.717) is 17.7 Å². The molecule has 2 heterocycles. The largest absolute Gasteiger partial charge is 0.416 e. The summed E-state index contributed by atoms with van der Waals surface area (Å²) in [5.74, 6) is 0.737. The molecule has 0 atom stereocenters. The maximum atomic E-state index is 12.2. The third-order valence-corrected chi connectivity index (χ3v) is 4.38. The Morgan fingerprint density at radius 2 is 2.16 bits per heavy atom. The fourth-order valence-electron chi connectivity index (χ4n) is 2.29. The molecule has 3 aromatic rings. The molecule has 0 bridgehead atoms. The molecular formula is C17H19N5O2S. The molecule has 0 saturated carbocycles. The van der Waals surface area contributed by atoms with E-state index in [1.165, 1.54) is 17.3 Å². The van der Waals surface area contributed by atoms with Gasteiger partial charge >= 0.3 is 0 Å². The Bertz CT molecular complexity index is 873. The molecule has 0 aliphatic heterocycles. The second kappa shape index (κ2) is 7.52. The number of aromatic nitrogens is 4. The number of carbonyl (C=O) groups is 1. The fourth-order valence-corrected chi connectivity index (χ4v) is 3.03. The maximum Gasteiger partial charge on any atom is 0.277 e. The number of benzene rings is 1. The van der Waals surface area contributed by atoms with Crippen LogP contribution in [-0.2, 0) is 11.3 Å². The van der Waals surface area contributed by atoms with Gasteiger partial charge in [-0.2, -0.15) is 5.10 Å². The van der Waals surface area contributed by atoms with Crippen molar-refractivity contribution in [2.45, 2.75) is 25.6 Å². The van der Waals surface area contributed by atoms with Crippen molar-refractivity contribution < 1.29 is 9.21 Å². The molecule has 0 saturated heterocycles. The van der Waals surface area contributed by atoms with E-state index in [1.54, 1.807) is 25.1 Å². The van der Waals surface area contributed by atoms with Crippen LogP contribution in [0.5, 0.6) is 0 Å². The van der Waals surface area contributed by atoms with Gasteiger partial charge in [0.15, 0.2) is 0 Å². The van der Waals surface area contributed by atoms with E-state index in [1.807, 2.05) is 36.0 Å². The first kappa shape index (κ1) is 17.2. The summed E-state index contributed by atoms with van der Waals surface area (Å²) < 4.78 is 7.07. The van der Waals surface area contributed by atoms with Gasteiger partial charge in [0.05, 0.1) is 17.6 Å². The highest BCUT2D eigenvalue weighted by Gasteiger charge is 2.13. The van der Waals surface area contributed by atoms with Crippen LogP contribution in [0.1, 0.15) is 17.0 Å². The first-order chi connectivity index (χ1) is 12.0. The van der Waals surface area contributed by atoms with E-state index >= 15 is 0 Å². The SMILES string of the molecule is Cc1cccc(-n2cc(CN(C)C(=O)CSc3nnc(C)o3)cn2)c1. The standard InChI is InChI=1S/C17H19N5O2S/c1-12-5-4-6-15(7-12)22-10-14(8-18-22)9-21(3)16(23)11-25-17-20-19-13(2)24-17/h4-8,10H,9,11H2,1-3H3. The lowest BCUT2D eigenvalue weighted by atomic mass is 10.2. The number of hydrogen-bond donors (Lipinski definition) is 0. The zero-order chi connectivity index (χ0) is 17.8. The van der Waals surface area contributed by atoms with Crippen LogP contribution >= 0.6 is 11.8 Å². The number of amides is 1. The molecule has 2 aromatic heterocycles. The lowest BCUT2D eigenvalue weighted by Crippen LogP contribution is -2.27. The molecule has 0 N–H and O–H groups in total. The van der Waals surface area contributed by atoms with Gasteiger partial charge in [-0.3, -0.25) is 4.79 Å². The van der Waals surface area contributed by atoms with Gasteiger partial charge in [0.25, 0.3) is 5.22 Å². The molecule has 25 heavy (non-hydrogen) atoms. The molecule has 1 amide bonds. The highest BCUT2D eigenvalue weighted by atomic mass is 32.2. The van der Waals surface area contributed by atoms with Crippen LogP contribution in [0.4, 0.5) is 0 Å². The Morgan fingerprint density at radius 1 is 1.32 bits per heavy atom. The summed E-state index contributed by atoms with van der Waals surface area (Å²) in [6.45, 7) is 4.26. The Balaban J connectivity index is 1.57. The predicted molar refractivity (Wildman–Crippen MR) is 94.5 cm³/mol. The van der Waals surface area contributed by atoms with Crippen LogP contribution in [0.25, 0.3) is 5.69 Å². The molecule has 0 aliphatic carbocycles. The topological polar surface area (TPSA) is 77.0 Å². The average Bonchev–Trinajstić information content (AvgIpc) is 3.21. The first-order valence-corrected chi connectivity index (χ1v) is 8.77. The Hall–Kier alpha value is -2.61. The van der Waals surface area contributed by atoms with Crippen molar-refractivity contribution in [3.8, 4) is 5.69 Å². The van der Waals surface area contributed by atoms with E-state index in [0.717, 1.165) is 11.3 Å². The minimum Gasteiger partial charge on any atom is -0.416 e. The van der Waals surface area contributed by atoms with Gasteiger partial charge < -0.3 is 9.32 Å². The molecule has 0 aliphatic rings. The zero-order valence-electron chi connectivity index (χ0n) is 14.3. The molecule has 1 aromatic carbocycles. The minimum absolute atomic E-state index is 0.0100. The monoisotopic (exact) mass is 357 g/mol. The van der Waals surface area contributed by atoms with Crippen LogP contribution in [0, 0.1) is 13.8 Å². The number of hydrogen-bond acceptors (Lipinski definition) is 6. The van der Waals surface area contributed by atoms with E-state index in [4.69, 9.17) is 4.42 Å². The van der Waals surface area contributed by atoms with Crippen molar-refractivity contribution in [1.82, 2.24) is 24.9 Å². The molecule has 0 unspecified atom stereocenters. The summed E-state index contributed by atoms with van der Waals surface area (Å²) in [5.41, 5.74) is 3.15. The predicted octanol–water partition coefficient (Wildman–Crippen LogP) is 2.62. The van der Waals surface area contributed by atoms with Gasteiger partial charge in [-0.1, -0.05) is 23.9 Å². The third kappa shape index (κ3) is 4.48.